The van der Waals surface area contributed by atoms with Crippen molar-refractivity contribution in [1.82, 2.24) is 0 Å². The molecule has 0 unspecified atom stereocenters. The van der Waals surface area contributed by atoms with Crippen LogP contribution in [0.5, 0.6) is 0 Å². The molecule has 0 aromatic rings. The standard InChI is InChI=1S/C26H50O2.Ca.2H/c1-3-5-7-9-11-12-13-14-15-16-17-18-19-20-22-24-26(27)28-25-23-21-10-8-6-4-2;;;/h14-15H,3-13,16-25H2,1-2H3;;;/b15-14-;;;. The Balaban J connectivity index is 0. The first-order valence-corrected chi connectivity index (χ1v) is 12.6. The molecule has 0 radical (unpaired) electrons. The van der Waals surface area contributed by atoms with Gasteiger partial charge in [-0.1, -0.05) is 109 Å². The predicted molar refractivity (Wildman–Crippen MR) is 132 cm³/mol. The topological polar surface area (TPSA) is 26.3 Å². The maximum absolute atomic E-state index is 11.7. The summed E-state index contributed by atoms with van der Waals surface area (Å²) in [6.07, 6.45) is 29.5. The van der Waals surface area contributed by atoms with E-state index in [1.807, 2.05) is 0 Å². The summed E-state index contributed by atoms with van der Waals surface area (Å²) in [5, 5.41) is 0. The number of carbonyl (C=O) groups is 1. The summed E-state index contributed by atoms with van der Waals surface area (Å²) >= 11 is 0. The Morgan fingerprint density at radius 2 is 1.00 bits per heavy atom. The van der Waals surface area contributed by atoms with E-state index in [1.165, 1.54) is 103 Å². The first-order valence-electron chi connectivity index (χ1n) is 12.6. The second kappa shape index (κ2) is 28.5. The van der Waals surface area contributed by atoms with Crippen molar-refractivity contribution in [3.05, 3.63) is 12.2 Å². The van der Waals surface area contributed by atoms with Gasteiger partial charge in [-0.2, -0.15) is 0 Å². The summed E-state index contributed by atoms with van der Waals surface area (Å²) in [6, 6.07) is 0. The number of carbonyl (C=O) groups excluding carboxylic acids is 1. The summed E-state index contributed by atoms with van der Waals surface area (Å²) in [4.78, 5) is 11.7. The second-order valence-electron chi connectivity index (χ2n) is 8.32. The average Bonchev–Trinajstić information content (AvgIpc) is 2.70. The van der Waals surface area contributed by atoms with Gasteiger partial charge in [0.1, 0.15) is 0 Å². The molecular formula is C26H52CaO2. The van der Waals surface area contributed by atoms with E-state index >= 15 is 0 Å². The van der Waals surface area contributed by atoms with E-state index in [0.29, 0.717) is 13.0 Å². The summed E-state index contributed by atoms with van der Waals surface area (Å²) in [5.41, 5.74) is 0. The zero-order valence-corrected chi connectivity index (χ0v) is 19.3. The Morgan fingerprint density at radius 3 is 1.52 bits per heavy atom. The van der Waals surface area contributed by atoms with Crippen LogP contribution in [0.25, 0.3) is 0 Å². The molecule has 29 heavy (non-hydrogen) atoms. The van der Waals surface area contributed by atoms with E-state index in [9.17, 15) is 4.79 Å². The number of rotatable bonds is 22. The van der Waals surface area contributed by atoms with Gasteiger partial charge in [-0.15, -0.1) is 0 Å². The number of esters is 1. The van der Waals surface area contributed by atoms with Crippen LogP contribution in [-0.4, -0.2) is 50.3 Å². The minimum absolute atomic E-state index is 0. The molecule has 0 aliphatic carbocycles. The van der Waals surface area contributed by atoms with Gasteiger partial charge >= 0.3 is 43.7 Å². The Bertz CT molecular complexity index is 342. The third kappa shape index (κ3) is 28.5. The van der Waals surface area contributed by atoms with E-state index < -0.39 is 0 Å². The SMILES string of the molecule is CCCCCCCC/C=C\CCCCCCCC(=O)OCCCCCCCC.[CaH2]. The van der Waals surface area contributed by atoms with Crippen LogP contribution in [0.2, 0.25) is 0 Å². The fraction of sp³-hybridized carbons (Fsp3) is 0.885. The molecule has 0 amide bonds. The summed E-state index contributed by atoms with van der Waals surface area (Å²) in [6.45, 7) is 5.13. The van der Waals surface area contributed by atoms with E-state index in [1.54, 1.807) is 0 Å². The normalized spacial score (nSPS) is 11.0. The monoisotopic (exact) mass is 436 g/mol. The van der Waals surface area contributed by atoms with Gasteiger partial charge in [0.15, 0.2) is 0 Å². The molecule has 0 aliphatic rings. The third-order valence-corrected chi connectivity index (χ3v) is 5.40. The molecule has 3 heteroatoms. The van der Waals surface area contributed by atoms with E-state index in [2.05, 4.69) is 26.0 Å². The van der Waals surface area contributed by atoms with E-state index in [4.69, 9.17) is 4.74 Å². The van der Waals surface area contributed by atoms with Gasteiger partial charge in [0.25, 0.3) is 0 Å². The average molecular weight is 437 g/mol. The second-order valence-corrected chi connectivity index (χ2v) is 8.32. The fourth-order valence-electron chi connectivity index (χ4n) is 3.48. The molecule has 0 saturated carbocycles. The minimum atomic E-state index is 0. The van der Waals surface area contributed by atoms with Gasteiger partial charge in [0.05, 0.1) is 6.61 Å². The molecule has 0 fully saturated rings. The number of hydrogen-bond donors (Lipinski definition) is 0. The molecule has 0 bridgehead atoms. The van der Waals surface area contributed by atoms with E-state index in [-0.39, 0.29) is 43.7 Å². The Kier molecular flexibility index (Phi) is 31.1. The van der Waals surface area contributed by atoms with Crippen LogP contribution in [0.4, 0.5) is 0 Å². The molecule has 0 aromatic heterocycles. The zero-order chi connectivity index (χ0) is 20.5. The zero-order valence-electron chi connectivity index (χ0n) is 19.3. The molecule has 0 rings (SSSR count). The first kappa shape index (κ1) is 31.7. The van der Waals surface area contributed by atoms with Crippen molar-refractivity contribution >= 4 is 43.7 Å². The molecular weight excluding hydrogens is 384 g/mol. The number of unbranched alkanes of at least 4 members (excludes halogenated alkanes) is 16. The number of ether oxygens (including phenoxy) is 1. The van der Waals surface area contributed by atoms with Gasteiger partial charge in [-0.25, -0.2) is 0 Å². The van der Waals surface area contributed by atoms with Crippen LogP contribution < -0.4 is 0 Å². The van der Waals surface area contributed by atoms with Crippen LogP contribution in [-0.2, 0) is 9.53 Å². The maximum atomic E-state index is 11.7. The quantitative estimate of drug-likeness (QED) is 0.0743. The van der Waals surface area contributed by atoms with Crippen molar-refractivity contribution in [3.8, 4) is 0 Å². The van der Waals surface area contributed by atoms with Crippen molar-refractivity contribution in [2.24, 2.45) is 0 Å². The van der Waals surface area contributed by atoms with Crippen molar-refractivity contribution < 1.29 is 9.53 Å². The summed E-state index contributed by atoms with van der Waals surface area (Å²) in [7, 11) is 0. The van der Waals surface area contributed by atoms with Crippen molar-refractivity contribution in [3.63, 3.8) is 0 Å². The first-order chi connectivity index (χ1) is 13.8. The van der Waals surface area contributed by atoms with Crippen molar-refractivity contribution in [1.29, 1.82) is 0 Å². The van der Waals surface area contributed by atoms with Crippen LogP contribution in [0, 0.1) is 0 Å². The molecule has 0 heterocycles. The third-order valence-electron chi connectivity index (χ3n) is 5.40. The summed E-state index contributed by atoms with van der Waals surface area (Å²) in [5.74, 6) is 0.00573. The Labute approximate surface area is 213 Å². The predicted octanol–water partition coefficient (Wildman–Crippen LogP) is 8.01. The van der Waals surface area contributed by atoms with Crippen LogP contribution in [0.15, 0.2) is 12.2 Å². The van der Waals surface area contributed by atoms with Crippen LogP contribution in [0.1, 0.15) is 142 Å². The molecule has 170 valence electrons. The molecule has 0 aromatic carbocycles. The molecule has 0 aliphatic heterocycles. The van der Waals surface area contributed by atoms with E-state index in [0.717, 1.165) is 19.3 Å². The molecule has 0 saturated heterocycles. The molecule has 0 spiro atoms. The fourth-order valence-corrected chi connectivity index (χ4v) is 3.48. The van der Waals surface area contributed by atoms with Gasteiger partial charge in [-0.3, -0.25) is 4.79 Å². The Hall–Kier alpha value is 0.470. The van der Waals surface area contributed by atoms with Gasteiger partial charge in [-0.05, 0) is 38.5 Å². The van der Waals surface area contributed by atoms with Crippen LogP contribution in [0.3, 0.4) is 0 Å². The van der Waals surface area contributed by atoms with Gasteiger partial charge < -0.3 is 4.74 Å². The van der Waals surface area contributed by atoms with Crippen molar-refractivity contribution in [2.45, 2.75) is 142 Å². The Morgan fingerprint density at radius 1 is 0.586 bits per heavy atom. The van der Waals surface area contributed by atoms with Crippen molar-refractivity contribution in [2.75, 3.05) is 6.61 Å². The number of hydrogen-bond acceptors (Lipinski definition) is 2. The van der Waals surface area contributed by atoms with Crippen LogP contribution >= 0.6 is 0 Å². The molecule has 2 nitrogen and oxygen atoms in total. The molecule has 0 N–H and O–H groups in total. The number of allylic oxidation sites excluding steroid dienone is 2. The summed E-state index contributed by atoms with van der Waals surface area (Å²) < 4.78 is 5.32. The van der Waals surface area contributed by atoms with Gasteiger partial charge in [0.2, 0.25) is 0 Å². The molecule has 0 atom stereocenters. The van der Waals surface area contributed by atoms with Gasteiger partial charge in [0, 0.05) is 6.42 Å².